The van der Waals surface area contributed by atoms with E-state index >= 15 is 0 Å². The number of nitrogens with one attached hydrogen (secondary N) is 1. The van der Waals surface area contributed by atoms with E-state index in [-0.39, 0.29) is 11.5 Å². The molecule has 1 aromatic heterocycles. The Labute approximate surface area is 134 Å². The highest BCUT2D eigenvalue weighted by Crippen LogP contribution is 2.39. The minimum atomic E-state index is 0.0999. The number of nitrogens with two attached hydrogens (primary N) is 1. The van der Waals surface area contributed by atoms with Gasteiger partial charge in [-0.2, -0.15) is 0 Å². The third kappa shape index (κ3) is 2.31. The van der Waals surface area contributed by atoms with E-state index < -0.39 is 0 Å². The minimum absolute atomic E-state index is 0.0999. The van der Waals surface area contributed by atoms with Crippen LogP contribution in [0.25, 0.3) is 0 Å². The molecular weight excluding hydrogens is 292 g/mol. The van der Waals surface area contributed by atoms with Crippen LogP contribution in [0.5, 0.6) is 5.75 Å². The summed E-state index contributed by atoms with van der Waals surface area (Å²) in [5.41, 5.74) is 8.26. The second-order valence-corrected chi connectivity index (χ2v) is 6.40. The smallest absolute Gasteiger partial charge is 0.129 e. The number of rotatable bonds is 3. The van der Waals surface area contributed by atoms with Crippen LogP contribution in [0.2, 0.25) is 0 Å². The molecule has 1 spiro atoms. The number of phenolic OH excluding ortho intramolecular Hbond substituents is 1. The van der Waals surface area contributed by atoms with Gasteiger partial charge in [-0.05, 0) is 30.3 Å². The van der Waals surface area contributed by atoms with Gasteiger partial charge in [0.25, 0.3) is 0 Å². The molecule has 0 radical (unpaired) electrons. The van der Waals surface area contributed by atoms with E-state index in [0.717, 1.165) is 37.7 Å². The molecule has 2 fully saturated rings. The normalized spacial score (nSPS) is 18.3. The van der Waals surface area contributed by atoms with Crippen molar-refractivity contribution in [1.82, 2.24) is 4.98 Å². The lowest BCUT2D eigenvalue weighted by Crippen LogP contribution is -2.66. The zero-order valence-corrected chi connectivity index (χ0v) is 12.6. The molecule has 0 amide bonds. The molecule has 2 aliphatic heterocycles. The molecule has 1 aromatic carbocycles. The van der Waals surface area contributed by atoms with Crippen molar-refractivity contribution in [3.8, 4) is 5.75 Å². The lowest BCUT2D eigenvalue weighted by molar-refractivity contribution is -0.127. The van der Waals surface area contributed by atoms with Crippen molar-refractivity contribution in [2.45, 2.75) is 0 Å². The van der Waals surface area contributed by atoms with Gasteiger partial charge in [-0.15, -0.1) is 0 Å². The molecule has 0 unspecified atom stereocenters. The van der Waals surface area contributed by atoms with E-state index in [0.29, 0.717) is 16.7 Å². The molecule has 0 aliphatic carbocycles. The van der Waals surface area contributed by atoms with Crippen molar-refractivity contribution in [1.29, 1.82) is 5.41 Å². The maximum Gasteiger partial charge on any atom is 0.129 e. The van der Waals surface area contributed by atoms with Gasteiger partial charge < -0.3 is 20.5 Å². The van der Waals surface area contributed by atoms with Crippen LogP contribution in [0, 0.1) is 10.8 Å². The van der Waals surface area contributed by atoms with Crippen LogP contribution in [0.15, 0.2) is 36.5 Å². The second-order valence-electron chi connectivity index (χ2n) is 6.40. The predicted molar refractivity (Wildman–Crippen MR) is 88.2 cm³/mol. The number of hydrogen-bond donors (Lipinski definition) is 3. The van der Waals surface area contributed by atoms with Gasteiger partial charge >= 0.3 is 0 Å². The molecule has 3 heterocycles. The monoisotopic (exact) mass is 310 g/mol. The third-order valence-electron chi connectivity index (χ3n) is 4.53. The summed E-state index contributed by atoms with van der Waals surface area (Å²) in [5.74, 6) is 0.964. The Bertz CT molecular complexity index is 778. The topological polar surface area (TPSA) is 95.5 Å². The summed E-state index contributed by atoms with van der Waals surface area (Å²) in [6.45, 7) is 3.56. The zero-order valence-electron chi connectivity index (χ0n) is 12.6. The Morgan fingerprint density at radius 1 is 1.26 bits per heavy atom. The Balaban J connectivity index is 1.58. The van der Waals surface area contributed by atoms with Crippen LogP contribution >= 0.6 is 0 Å². The highest BCUT2D eigenvalue weighted by atomic mass is 16.5. The van der Waals surface area contributed by atoms with Crippen molar-refractivity contribution in [3.05, 3.63) is 47.7 Å². The SMILES string of the molecule is N=C(c1ccnc(N2CC3(COC3)C2)c1)c1cc(O)ccc1N. The first-order valence-corrected chi connectivity index (χ1v) is 7.53. The number of nitrogens with zero attached hydrogens (tertiary/aromatic N) is 2. The summed E-state index contributed by atoms with van der Waals surface area (Å²) >= 11 is 0. The van der Waals surface area contributed by atoms with Crippen molar-refractivity contribution in [2.24, 2.45) is 5.41 Å². The van der Waals surface area contributed by atoms with E-state index in [4.69, 9.17) is 15.9 Å². The van der Waals surface area contributed by atoms with Crippen molar-refractivity contribution in [3.63, 3.8) is 0 Å². The van der Waals surface area contributed by atoms with Gasteiger partial charge in [0.2, 0.25) is 0 Å². The summed E-state index contributed by atoms with van der Waals surface area (Å²) < 4.78 is 5.29. The predicted octanol–water partition coefficient (Wildman–Crippen LogP) is 1.62. The van der Waals surface area contributed by atoms with Crippen LogP contribution in [0.1, 0.15) is 11.1 Å². The molecule has 23 heavy (non-hydrogen) atoms. The molecule has 2 saturated heterocycles. The molecule has 2 aliphatic rings. The fourth-order valence-electron chi connectivity index (χ4n) is 3.16. The minimum Gasteiger partial charge on any atom is -0.508 e. The van der Waals surface area contributed by atoms with Crippen LogP contribution in [-0.2, 0) is 4.74 Å². The van der Waals surface area contributed by atoms with Gasteiger partial charge in [0.05, 0.1) is 24.3 Å². The fourth-order valence-corrected chi connectivity index (χ4v) is 3.16. The lowest BCUT2D eigenvalue weighted by atomic mass is 9.78. The molecule has 2 aromatic rings. The van der Waals surface area contributed by atoms with E-state index in [1.165, 1.54) is 12.1 Å². The average Bonchev–Trinajstić information content (AvgIpc) is 2.46. The molecule has 6 nitrogen and oxygen atoms in total. The number of anilines is 2. The lowest BCUT2D eigenvalue weighted by Gasteiger charge is -2.55. The average molecular weight is 310 g/mol. The highest BCUT2D eigenvalue weighted by Gasteiger charge is 2.49. The van der Waals surface area contributed by atoms with Gasteiger partial charge in [0.1, 0.15) is 11.6 Å². The first-order valence-electron chi connectivity index (χ1n) is 7.53. The van der Waals surface area contributed by atoms with E-state index in [1.807, 2.05) is 6.07 Å². The quantitative estimate of drug-likeness (QED) is 0.455. The van der Waals surface area contributed by atoms with E-state index in [2.05, 4.69) is 9.88 Å². The van der Waals surface area contributed by atoms with E-state index in [9.17, 15) is 5.11 Å². The Hall–Kier alpha value is -2.60. The molecule has 6 heteroatoms. The van der Waals surface area contributed by atoms with Gasteiger partial charge in [-0.3, -0.25) is 5.41 Å². The zero-order chi connectivity index (χ0) is 16.0. The van der Waals surface area contributed by atoms with Crippen LogP contribution in [0.4, 0.5) is 11.5 Å². The van der Waals surface area contributed by atoms with Crippen molar-refractivity contribution < 1.29 is 9.84 Å². The molecule has 4 N–H and O–H groups in total. The summed E-state index contributed by atoms with van der Waals surface area (Å²) in [7, 11) is 0. The van der Waals surface area contributed by atoms with Gasteiger partial charge in [0.15, 0.2) is 0 Å². The summed E-state index contributed by atoms with van der Waals surface area (Å²) in [6, 6.07) is 8.33. The van der Waals surface area contributed by atoms with Crippen LogP contribution < -0.4 is 10.6 Å². The number of aromatic hydroxyl groups is 1. The second kappa shape index (κ2) is 4.96. The fraction of sp³-hybridized carbons (Fsp3) is 0.294. The highest BCUT2D eigenvalue weighted by molar-refractivity contribution is 6.14. The third-order valence-corrected chi connectivity index (χ3v) is 4.53. The standard InChI is InChI=1S/C17H18N4O2/c18-14-2-1-12(22)6-13(14)16(19)11-3-4-20-15(5-11)21-7-17(8-21)9-23-10-17/h1-6,19,22H,7-10,18H2. The number of nitrogen functional groups attached to an aromatic ring is 1. The molecular formula is C17H18N4O2. The van der Waals surface area contributed by atoms with Gasteiger partial charge in [0, 0.05) is 36.1 Å². The van der Waals surface area contributed by atoms with Crippen molar-refractivity contribution in [2.75, 3.05) is 36.9 Å². The molecule has 4 rings (SSSR count). The van der Waals surface area contributed by atoms with Gasteiger partial charge in [-0.25, -0.2) is 4.98 Å². The van der Waals surface area contributed by atoms with Crippen molar-refractivity contribution >= 4 is 17.2 Å². The first kappa shape index (κ1) is 14.0. The molecule has 118 valence electrons. The maximum atomic E-state index is 9.63. The number of phenols is 1. The molecule has 0 bridgehead atoms. The molecule has 0 saturated carbocycles. The van der Waals surface area contributed by atoms with E-state index in [1.54, 1.807) is 18.3 Å². The Kier molecular flexibility index (Phi) is 3.02. The Morgan fingerprint density at radius 3 is 2.74 bits per heavy atom. The summed E-state index contributed by atoms with van der Waals surface area (Å²) in [6.07, 6.45) is 1.71. The van der Waals surface area contributed by atoms with Gasteiger partial charge in [-0.1, -0.05) is 0 Å². The number of aromatic nitrogens is 1. The molecule has 0 atom stereocenters. The maximum absolute atomic E-state index is 9.63. The number of ether oxygens (including phenoxy) is 1. The largest absolute Gasteiger partial charge is 0.508 e. The Morgan fingerprint density at radius 2 is 2.04 bits per heavy atom. The first-order chi connectivity index (χ1) is 11.1. The summed E-state index contributed by atoms with van der Waals surface area (Å²) in [5, 5.41) is 18.0. The van der Waals surface area contributed by atoms with Crippen LogP contribution in [0.3, 0.4) is 0 Å². The number of hydrogen-bond acceptors (Lipinski definition) is 6. The van der Waals surface area contributed by atoms with Crippen LogP contribution in [-0.4, -0.2) is 42.1 Å². The summed E-state index contributed by atoms with van der Waals surface area (Å²) in [4.78, 5) is 6.61. The number of benzene rings is 1. The number of pyridine rings is 1.